The van der Waals surface area contributed by atoms with Crippen LogP contribution in [0.5, 0.6) is 0 Å². The maximum absolute atomic E-state index is 11.0. The number of nitrogens with two attached hydrogens (primary N) is 2. The van der Waals surface area contributed by atoms with Crippen molar-refractivity contribution in [3.8, 4) is 11.1 Å². The summed E-state index contributed by atoms with van der Waals surface area (Å²) in [6.07, 6.45) is 3.62. The first kappa shape index (κ1) is 16.1. The number of nitro groups is 1. The fraction of sp³-hybridized carbons (Fsp3) is 0. The molecular formula is C18H15N5O2. The first-order valence-corrected chi connectivity index (χ1v) is 7.45. The lowest BCUT2D eigenvalue weighted by atomic mass is 10.0. The molecule has 0 atom stereocenters. The summed E-state index contributed by atoms with van der Waals surface area (Å²) in [7, 11) is 0. The second kappa shape index (κ2) is 6.79. The quantitative estimate of drug-likeness (QED) is 0.557. The van der Waals surface area contributed by atoms with Crippen LogP contribution in [-0.2, 0) is 0 Å². The van der Waals surface area contributed by atoms with Crippen molar-refractivity contribution in [2.24, 2.45) is 0 Å². The van der Waals surface area contributed by atoms with Gasteiger partial charge in [0.25, 0.3) is 5.69 Å². The van der Waals surface area contributed by atoms with Gasteiger partial charge in [0.05, 0.1) is 16.2 Å². The van der Waals surface area contributed by atoms with Gasteiger partial charge in [0.1, 0.15) is 5.82 Å². The number of non-ortho nitro benzene ring substituents is 1. The molecule has 0 amide bonds. The van der Waals surface area contributed by atoms with Crippen LogP contribution in [0.25, 0.3) is 23.3 Å². The van der Waals surface area contributed by atoms with Gasteiger partial charge in [-0.1, -0.05) is 48.5 Å². The molecule has 0 fully saturated rings. The van der Waals surface area contributed by atoms with Crippen molar-refractivity contribution in [1.29, 1.82) is 0 Å². The second-order valence-electron chi connectivity index (χ2n) is 5.28. The maximum Gasteiger partial charge on any atom is 0.270 e. The molecule has 124 valence electrons. The Morgan fingerprint density at radius 3 is 2.44 bits per heavy atom. The summed E-state index contributed by atoms with van der Waals surface area (Å²) in [5, 5.41) is 11.0. The van der Waals surface area contributed by atoms with Crippen LogP contribution in [0.15, 0.2) is 54.6 Å². The van der Waals surface area contributed by atoms with Crippen LogP contribution in [0.4, 0.5) is 17.5 Å². The van der Waals surface area contributed by atoms with E-state index < -0.39 is 4.92 Å². The minimum absolute atomic E-state index is 0.0355. The Bertz CT molecular complexity index is 955. The van der Waals surface area contributed by atoms with Crippen molar-refractivity contribution in [3.63, 3.8) is 0 Å². The molecule has 0 aliphatic heterocycles. The normalized spacial score (nSPS) is 10.9. The van der Waals surface area contributed by atoms with Gasteiger partial charge in [-0.05, 0) is 17.2 Å². The predicted octanol–water partition coefficient (Wildman–Crippen LogP) is 3.39. The van der Waals surface area contributed by atoms with Crippen molar-refractivity contribution in [1.82, 2.24) is 9.97 Å². The second-order valence-corrected chi connectivity index (χ2v) is 5.28. The zero-order valence-corrected chi connectivity index (χ0v) is 13.2. The monoisotopic (exact) mass is 333 g/mol. The summed E-state index contributed by atoms with van der Waals surface area (Å²) in [5.74, 6) is 0.208. The highest BCUT2D eigenvalue weighted by atomic mass is 16.6. The van der Waals surface area contributed by atoms with E-state index >= 15 is 0 Å². The Balaban J connectivity index is 2.12. The van der Waals surface area contributed by atoms with Gasteiger partial charge in [-0.15, -0.1) is 0 Å². The van der Waals surface area contributed by atoms with Crippen molar-refractivity contribution >= 4 is 29.6 Å². The van der Waals surface area contributed by atoms with Crippen LogP contribution in [-0.4, -0.2) is 14.9 Å². The number of nitrogens with zero attached hydrogens (tertiary/aromatic N) is 3. The van der Waals surface area contributed by atoms with E-state index in [0.29, 0.717) is 16.8 Å². The average molecular weight is 333 g/mol. The highest BCUT2D eigenvalue weighted by molar-refractivity contribution is 5.85. The molecule has 3 rings (SSSR count). The maximum atomic E-state index is 11.0. The molecule has 0 aliphatic rings. The minimum Gasteiger partial charge on any atom is -0.383 e. The van der Waals surface area contributed by atoms with Gasteiger partial charge in [-0.2, -0.15) is 4.98 Å². The highest BCUT2D eigenvalue weighted by Crippen LogP contribution is 2.31. The number of nitro benzene ring substituents is 1. The predicted molar refractivity (Wildman–Crippen MR) is 98.3 cm³/mol. The zero-order chi connectivity index (χ0) is 17.8. The molecule has 0 saturated carbocycles. The van der Waals surface area contributed by atoms with Crippen molar-refractivity contribution in [2.75, 3.05) is 11.5 Å². The smallest absolute Gasteiger partial charge is 0.270 e. The van der Waals surface area contributed by atoms with Crippen LogP contribution >= 0.6 is 0 Å². The standard InChI is InChI=1S/C18H15N5O2/c19-17-16(13-7-4-8-14(11-13)23(24)25)15(21-18(20)22-17)10-9-12-5-2-1-3-6-12/h1-11H,(H4,19,20,21,22)/b10-9+. The summed E-state index contributed by atoms with van der Waals surface area (Å²) < 4.78 is 0. The van der Waals surface area contributed by atoms with Crippen molar-refractivity contribution in [3.05, 3.63) is 76.0 Å². The number of rotatable bonds is 4. The lowest BCUT2D eigenvalue weighted by Gasteiger charge is -2.09. The number of hydrogen-bond donors (Lipinski definition) is 2. The van der Waals surface area contributed by atoms with E-state index in [9.17, 15) is 10.1 Å². The Hall–Kier alpha value is -3.74. The van der Waals surface area contributed by atoms with Gasteiger partial charge >= 0.3 is 0 Å². The number of hydrogen-bond acceptors (Lipinski definition) is 6. The summed E-state index contributed by atoms with van der Waals surface area (Å²) in [4.78, 5) is 18.8. The molecular weight excluding hydrogens is 318 g/mol. The van der Waals surface area contributed by atoms with Gasteiger partial charge in [0.2, 0.25) is 5.95 Å². The first-order valence-electron chi connectivity index (χ1n) is 7.45. The topological polar surface area (TPSA) is 121 Å². The Kier molecular flexibility index (Phi) is 4.38. The highest BCUT2D eigenvalue weighted by Gasteiger charge is 2.15. The van der Waals surface area contributed by atoms with Gasteiger partial charge in [-0.25, -0.2) is 4.98 Å². The molecule has 0 bridgehead atoms. The largest absolute Gasteiger partial charge is 0.383 e. The molecule has 4 N–H and O–H groups in total. The number of nitrogen functional groups attached to an aromatic ring is 2. The van der Waals surface area contributed by atoms with Gasteiger partial charge in [0, 0.05) is 12.1 Å². The Labute approximate surface area is 143 Å². The molecule has 7 heteroatoms. The third kappa shape index (κ3) is 3.61. The van der Waals surface area contributed by atoms with Gasteiger partial charge < -0.3 is 11.5 Å². The van der Waals surface area contributed by atoms with Crippen LogP contribution in [0.2, 0.25) is 0 Å². The zero-order valence-electron chi connectivity index (χ0n) is 13.2. The van der Waals surface area contributed by atoms with Crippen molar-refractivity contribution < 1.29 is 4.92 Å². The van der Waals surface area contributed by atoms with Gasteiger partial charge in [0.15, 0.2) is 0 Å². The van der Waals surface area contributed by atoms with Crippen LogP contribution in [0, 0.1) is 10.1 Å². The van der Waals surface area contributed by atoms with Crippen LogP contribution < -0.4 is 11.5 Å². The molecule has 0 unspecified atom stereocenters. The molecule has 1 aromatic heterocycles. The molecule has 25 heavy (non-hydrogen) atoms. The molecule has 7 nitrogen and oxygen atoms in total. The van der Waals surface area contributed by atoms with Crippen LogP contribution in [0.3, 0.4) is 0 Å². The molecule has 0 saturated heterocycles. The molecule has 3 aromatic rings. The SMILES string of the molecule is Nc1nc(N)c(-c2cccc([N+](=O)[O-])c2)c(/C=C/c2ccccc2)n1. The van der Waals surface area contributed by atoms with E-state index in [1.807, 2.05) is 36.4 Å². The van der Waals surface area contributed by atoms with E-state index in [1.54, 1.807) is 18.2 Å². The summed E-state index contributed by atoms with van der Waals surface area (Å²) >= 11 is 0. The van der Waals surface area contributed by atoms with E-state index in [0.717, 1.165) is 5.56 Å². The van der Waals surface area contributed by atoms with E-state index in [4.69, 9.17) is 11.5 Å². The Morgan fingerprint density at radius 2 is 1.72 bits per heavy atom. The third-order valence-corrected chi connectivity index (χ3v) is 3.56. The average Bonchev–Trinajstić information content (AvgIpc) is 2.60. The summed E-state index contributed by atoms with van der Waals surface area (Å²) in [5.41, 5.74) is 14.2. The molecule has 1 heterocycles. The molecule has 0 aliphatic carbocycles. The third-order valence-electron chi connectivity index (χ3n) is 3.56. The van der Waals surface area contributed by atoms with Crippen molar-refractivity contribution in [2.45, 2.75) is 0 Å². The number of benzene rings is 2. The van der Waals surface area contributed by atoms with E-state index in [2.05, 4.69) is 9.97 Å². The number of aromatic nitrogens is 2. The summed E-state index contributed by atoms with van der Waals surface area (Å²) in [6.45, 7) is 0. The Morgan fingerprint density at radius 1 is 0.960 bits per heavy atom. The fourth-order valence-corrected chi connectivity index (χ4v) is 2.45. The fourth-order valence-electron chi connectivity index (χ4n) is 2.45. The molecule has 0 spiro atoms. The van der Waals surface area contributed by atoms with Crippen LogP contribution in [0.1, 0.15) is 11.3 Å². The lowest BCUT2D eigenvalue weighted by molar-refractivity contribution is -0.384. The lowest BCUT2D eigenvalue weighted by Crippen LogP contribution is -2.04. The molecule has 2 aromatic carbocycles. The van der Waals surface area contributed by atoms with E-state index in [1.165, 1.54) is 12.1 Å². The summed E-state index contributed by atoms with van der Waals surface area (Å²) in [6, 6.07) is 15.8. The number of anilines is 2. The minimum atomic E-state index is -0.461. The first-order chi connectivity index (χ1) is 12.0. The van der Waals surface area contributed by atoms with E-state index in [-0.39, 0.29) is 17.5 Å². The van der Waals surface area contributed by atoms with Gasteiger partial charge in [-0.3, -0.25) is 10.1 Å². The molecule has 0 radical (unpaired) electrons.